The lowest BCUT2D eigenvalue weighted by Crippen LogP contribution is -2.32. The molecule has 0 atom stereocenters. The van der Waals surface area contributed by atoms with Crippen molar-refractivity contribution in [2.45, 2.75) is 12.8 Å². The summed E-state index contributed by atoms with van der Waals surface area (Å²) in [5.74, 6) is -0.476. The summed E-state index contributed by atoms with van der Waals surface area (Å²) >= 11 is 0. The molecule has 0 amide bonds. The lowest BCUT2D eigenvalue weighted by Gasteiger charge is -2.25. The number of amidine groups is 1. The van der Waals surface area contributed by atoms with Crippen LogP contribution in [0.15, 0.2) is 23.4 Å². The van der Waals surface area contributed by atoms with Crippen LogP contribution < -0.4 is 10.6 Å². The number of hydrogen-bond donors (Lipinski definition) is 2. The van der Waals surface area contributed by atoms with E-state index in [9.17, 15) is 4.39 Å². The molecule has 110 valence electrons. The number of oxime groups is 1. The summed E-state index contributed by atoms with van der Waals surface area (Å²) in [5.41, 5.74) is 6.79. The topological polar surface area (TPSA) is 65.1 Å². The van der Waals surface area contributed by atoms with Crippen LogP contribution in [0.5, 0.6) is 0 Å². The fraction of sp³-hybridized carbons (Fsp3) is 0.500. The highest BCUT2D eigenvalue weighted by Gasteiger charge is 2.15. The van der Waals surface area contributed by atoms with Gasteiger partial charge in [-0.25, -0.2) is 4.39 Å². The Morgan fingerprint density at radius 1 is 1.45 bits per heavy atom. The van der Waals surface area contributed by atoms with Gasteiger partial charge in [0.25, 0.3) is 0 Å². The first-order valence-electron chi connectivity index (χ1n) is 6.83. The fourth-order valence-corrected chi connectivity index (χ4v) is 2.52. The SMILES string of the molecule is CN(CCN1CCCC1)c1ccc(F)cc1C(N)=NO. The average molecular weight is 280 g/mol. The predicted octanol–water partition coefficient (Wildman–Crippen LogP) is 1.45. The Balaban J connectivity index is 2.09. The van der Waals surface area contributed by atoms with Crippen LogP contribution in [-0.4, -0.2) is 49.2 Å². The highest BCUT2D eigenvalue weighted by Crippen LogP contribution is 2.21. The van der Waals surface area contributed by atoms with Crippen LogP contribution in [0.3, 0.4) is 0 Å². The third-order valence-electron chi connectivity index (χ3n) is 3.70. The van der Waals surface area contributed by atoms with Crippen molar-refractivity contribution in [2.75, 3.05) is 38.1 Å². The van der Waals surface area contributed by atoms with Gasteiger partial charge in [-0.2, -0.15) is 0 Å². The molecule has 1 saturated heterocycles. The molecule has 2 rings (SSSR count). The molecule has 1 heterocycles. The van der Waals surface area contributed by atoms with Crippen molar-refractivity contribution >= 4 is 11.5 Å². The minimum absolute atomic E-state index is 0.0764. The molecule has 1 aliphatic rings. The van der Waals surface area contributed by atoms with Crippen LogP contribution in [0.1, 0.15) is 18.4 Å². The highest BCUT2D eigenvalue weighted by molar-refractivity contribution is 6.02. The molecule has 0 saturated carbocycles. The van der Waals surface area contributed by atoms with E-state index < -0.39 is 5.82 Å². The van der Waals surface area contributed by atoms with Crippen molar-refractivity contribution in [1.29, 1.82) is 0 Å². The van der Waals surface area contributed by atoms with E-state index in [1.54, 1.807) is 6.07 Å². The van der Waals surface area contributed by atoms with Gasteiger partial charge in [-0.1, -0.05) is 5.16 Å². The number of nitrogens with zero attached hydrogens (tertiary/aromatic N) is 3. The van der Waals surface area contributed by atoms with Crippen LogP contribution in [0.2, 0.25) is 0 Å². The van der Waals surface area contributed by atoms with Crippen LogP contribution >= 0.6 is 0 Å². The molecule has 1 aromatic carbocycles. The lowest BCUT2D eigenvalue weighted by atomic mass is 10.1. The van der Waals surface area contributed by atoms with Gasteiger partial charge in [-0.05, 0) is 44.1 Å². The highest BCUT2D eigenvalue weighted by atomic mass is 19.1. The quantitative estimate of drug-likeness (QED) is 0.371. The molecular formula is C14H21FN4O. The standard InChI is InChI=1S/C14H21FN4O/c1-18(8-9-19-6-2-3-7-19)13-5-4-11(15)10-12(13)14(16)17-20/h4-5,10,20H,2-3,6-9H2,1H3,(H2,16,17). The molecule has 6 heteroatoms. The van der Waals surface area contributed by atoms with E-state index in [2.05, 4.69) is 10.1 Å². The van der Waals surface area contributed by atoms with Crippen molar-refractivity contribution in [2.24, 2.45) is 10.9 Å². The van der Waals surface area contributed by atoms with Crippen molar-refractivity contribution in [3.8, 4) is 0 Å². The predicted molar refractivity (Wildman–Crippen MR) is 77.9 cm³/mol. The van der Waals surface area contributed by atoms with E-state index in [1.807, 2.05) is 11.9 Å². The zero-order valence-electron chi connectivity index (χ0n) is 11.7. The number of nitrogens with two attached hydrogens (primary N) is 1. The van der Waals surface area contributed by atoms with Crippen molar-refractivity contribution in [3.05, 3.63) is 29.6 Å². The number of anilines is 1. The summed E-state index contributed by atoms with van der Waals surface area (Å²) in [4.78, 5) is 4.41. The van der Waals surface area contributed by atoms with Gasteiger partial charge in [0.2, 0.25) is 0 Å². The number of likely N-dealkylation sites (N-methyl/N-ethyl adjacent to an activating group) is 1. The van der Waals surface area contributed by atoms with Gasteiger partial charge in [0.15, 0.2) is 5.84 Å². The Morgan fingerprint density at radius 3 is 2.80 bits per heavy atom. The van der Waals surface area contributed by atoms with E-state index in [4.69, 9.17) is 10.9 Å². The van der Waals surface area contributed by atoms with E-state index in [0.717, 1.165) is 31.9 Å². The Bertz CT molecular complexity index is 486. The van der Waals surface area contributed by atoms with E-state index in [-0.39, 0.29) is 5.84 Å². The maximum atomic E-state index is 13.3. The molecule has 1 aromatic rings. The molecule has 0 unspecified atom stereocenters. The molecule has 1 aliphatic heterocycles. The zero-order valence-corrected chi connectivity index (χ0v) is 11.7. The molecule has 0 radical (unpaired) electrons. The molecule has 3 N–H and O–H groups in total. The van der Waals surface area contributed by atoms with Crippen molar-refractivity contribution in [1.82, 2.24) is 4.90 Å². The number of halogens is 1. The number of hydrogen-bond acceptors (Lipinski definition) is 4. The summed E-state index contributed by atoms with van der Waals surface area (Å²) in [5, 5.41) is 11.8. The lowest BCUT2D eigenvalue weighted by molar-refractivity contribution is 0.318. The first-order valence-corrected chi connectivity index (χ1v) is 6.83. The minimum atomic E-state index is -0.400. The molecule has 1 fully saturated rings. The number of likely N-dealkylation sites (tertiary alicyclic amines) is 1. The Hall–Kier alpha value is -1.82. The second kappa shape index (κ2) is 6.56. The van der Waals surface area contributed by atoms with Gasteiger partial charge >= 0.3 is 0 Å². The Labute approximate surface area is 118 Å². The molecule has 20 heavy (non-hydrogen) atoms. The first kappa shape index (κ1) is 14.6. The molecule has 5 nitrogen and oxygen atoms in total. The van der Waals surface area contributed by atoms with Crippen LogP contribution in [-0.2, 0) is 0 Å². The van der Waals surface area contributed by atoms with Crippen molar-refractivity contribution < 1.29 is 9.60 Å². The number of benzene rings is 1. The molecule has 0 aliphatic carbocycles. The first-order chi connectivity index (χ1) is 9.61. The fourth-order valence-electron chi connectivity index (χ4n) is 2.52. The van der Waals surface area contributed by atoms with Crippen LogP contribution in [0, 0.1) is 5.82 Å². The van der Waals surface area contributed by atoms with E-state index in [1.165, 1.54) is 25.0 Å². The van der Waals surface area contributed by atoms with Gasteiger partial charge in [0.1, 0.15) is 5.82 Å². The molecule has 0 aromatic heterocycles. The molecular weight excluding hydrogens is 259 g/mol. The average Bonchev–Trinajstić information content (AvgIpc) is 2.97. The summed E-state index contributed by atoms with van der Waals surface area (Å²) in [7, 11) is 1.93. The summed E-state index contributed by atoms with van der Waals surface area (Å²) in [6.45, 7) is 4.07. The Morgan fingerprint density at radius 2 is 2.15 bits per heavy atom. The van der Waals surface area contributed by atoms with Gasteiger partial charge in [0, 0.05) is 31.4 Å². The van der Waals surface area contributed by atoms with Crippen LogP contribution in [0.25, 0.3) is 0 Å². The minimum Gasteiger partial charge on any atom is -0.409 e. The monoisotopic (exact) mass is 280 g/mol. The summed E-state index contributed by atoms with van der Waals surface area (Å²) in [6.07, 6.45) is 2.52. The number of rotatable bonds is 5. The maximum Gasteiger partial charge on any atom is 0.172 e. The van der Waals surface area contributed by atoms with Gasteiger partial charge < -0.3 is 20.7 Å². The van der Waals surface area contributed by atoms with E-state index in [0.29, 0.717) is 5.56 Å². The van der Waals surface area contributed by atoms with Crippen molar-refractivity contribution in [3.63, 3.8) is 0 Å². The van der Waals surface area contributed by atoms with Gasteiger partial charge in [-0.3, -0.25) is 0 Å². The Kier molecular flexibility index (Phi) is 4.79. The third kappa shape index (κ3) is 3.39. The van der Waals surface area contributed by atoms with Crippen LogP contribution in [0.4, 0.5) is 10.1 Å². The van der Waals surface area contributed by atoms with Gasteiger partial charge in [-0.15, -0.1) is 0 Å². The second-order valence-corrected chi connectivity index (χ2v) is 5.12. The normalized spacial score (nSPS) is 16.6. The van der Waals surface area contributed by atoms with E-state index >= 15 is 0 Å². The molecule has 0 bridgehead atoms. The zero-order chi connectivity index (χ0) is 14.5. The summed E-state index contributed by atoms with van der Waals surface area (Å²) < 4.78 is 13.3. The summed E-state index contributed by atoms with van der Waals surface area (Å²) in [6, 6.07) is 4.33. The third-order valence-corrected chi connectivity index (χ3v) is 3.70. The largest absolute Gasteiger partial charge is 0.409 e. The smallest absolute Gasteiger partial charge is 0.172 e. The molecule has 0 spiro atoms. The van der Waals surface area contributed by atoms with Gasteiger partial charge in [0.05, 0.1) is 0 Å². The second-order valence-electron chi connectivity index (χ2n) is 5.12. The maximum absolute atomic E-state index is 13.3.